The zero-order valence-corrected chi connectivity index (χ0v) is 15.1. The largest absolute Gasteiger partial charge is 0.465 e. The molecule has 1 heterocycles. The van der Waals surface area contributed by atoms with Crippen molar-refractivity contribution in [1.82, 2.24) is 9.97 Å². The lowest BCUT2D eigenvalue weighted by molar-refractivity contribution is 0.0598. The van der Waals surface area contributed by atoms with E-state index in [0.29, 0.717) is 22.8 Å². The lowest BCUT2D eigenvalue weighted by atomic mass is 10.1. The Labute approximate surface area is 149 Å². The summed E-state index contributed by atoms with van der Waals surface area (Å²) in [6, 6.07) is 8.36. The number of hydrogen-bond acceptors (Lipinski definition) is 4. The molecular formula is C21H24N2O2. The molecular weight excluding hydrogens is 312 g/mol. The highest BCUT2D eigenvalue weighted by Crippen LogP contribution is 2.25. The van der Waals surface area contributed by atoms with Crippen LogP contribution >= 0.6 is 0 Å². The van der Waals surface area contributed by atoms with Gasteiger partial charge in [0.25, 0.3) is 0 Å². The van der Waals surface area contributed by atoms with E-state index in [4.69, 9.17) is 4.74 Å². The van der Waals surface area contributed by atoms with Gasteiger partial charge in [0.05, 0.1) is 18.5 Å². The fourth-order valence-electron chi connectivity index (χ4n) is 3.33. The number of carbonyl (C=O) groups is 1. The van der Waals surface area contributed by atoms with Crippen LogP contribution in [-0.4, -0.2) is 23.0 Å². The van der Waals surface area contributed by atoms with Crippen molar-refractivity contribution < 1.29 is 9.53 Å². The zero-order chi connectivity index (χ0) is 17.8. The zero-order valence-electron chi connectivity index (χ0n) is 15.1. The van der Waals surface area contributed by atoms with Crippen LogP contribution < -0.4 is 0 Å². The maximum absolute atomic E-state index is 11.8. The van der Waals surface area contributed by atoms with Crippen molar-refractivity contribution in [2.45, 2.75) is 46.0 Å². The van der Waals surface area contributed by atoms with E-state index in [9.17, 15) is 4.79 Å². The van der Waals surface area contributed by atoms with Crippen LogP contribution in [0.5, 0.6) is 0 Å². The van der Waals surface area contributed by atoms with Crippen molar-refractivity contribution in [2.24, 2.45) is 0 Å². The monoisotopic (exact) mass is 336 g/mol. The number of hydrogen-bond donors (Lipinski definition) is 0. The quantitative estimate of drug-likeness (QED) is 0.605. The molecule has 4 nitrogen and oxygen atoms in total. The Morgan fingerprint density at radius 2 is 1.68 bits per heavy atom. The van der Waals surface area contributed by atoms with E-state index in [-0.39, 0.29) is 0 Å². The van der Waals surface area contributed by atoms with Gasteiger partial charge in [-0.2, -0.15) is 0 Å². The van der Waals surface area contributed by atoms with E-state index in [1.807, 2.05) is 13.8 Å². The van der Waals surface area contributed by atoms with Gasteiger partial charge in [-0.3, -0.25) is 0 Å². The van der Waals surface area contributed by atoms with Crippen molar-refractivity contribution in [3.63, 3.8) is 0 Å². The summed E-state index contributed by atoms with van der Waals surface area (Å²) in [5.41, 5.74) is 5.58. The van der Waals surface area contributed by atoms with Crippen molar-refractivity contribution >= 4 is 5.97 Å². The molecule has 0 aliphatic heterocycles. The molecule has 1 saturated carbocycles. The fraction of sp³-hybridized carbons (Fsp3) is 0.381. The first-order valence-corrected chi connectivity index (χ1v) is 8.79. The summed E-state index contributed by atoms with van der Waals surface area (Å²) in [6.07, 6.45) is 8.55. The summed E-state index contributed by atoms with van der Waals surface area (Å²) in [5.74, 6) is 0.250. The minimum absolute atomic E-state index is 0.392. The van der Waals surface area contributed by atoms with Gasteiger partial charge in [-0.05, 0) is 51.5 Å². The molecule has 1 aliphatic carbocycles. The van der Waals surface area contributed by atoms with Gasteiger partial charge in [-0.25, -0.2) is 14.8 Å². The van der Waals surface area contributed by atoms with Gasteiger partial charge in [0.1, 0.15) is 5.56 Å². The standard InChI is InChI=1S/C21H24N2O2/c1-14-19(21(24)25-3)15(2)23-20(22-14)18-12-10-17(11-13-18)9-8-16-6-4-5-7-16/h8,10-13H,4-7,9H2,1-3H3. The first-order valence-electron chi connectivity index (χ1n) is 8.79. The lowest BCUT2D eigenvalue weighted by Crippen LogP contribution is -2.10. The minimum Gasteiger partial charge on any atom is -0.465 e. The highest BCUT2D eigenvalue weighted by molar-refractivity contribution is 5.91. The average molecular weight is 336 g/mol. The van der Waals surface area contributed by atoms with Gasteiger partial charge < -0.3 is 4.74 Å². The summed E-state index contributed by atoms with van der Waals surface area (Å²) in [5, 5.41) is 0. The molecule has 0 N–H and O–H groups in total. The first-order chi connectivity index (χ1) is 12.1. The van der Waals surface area contributed by atoms with E-state index in [0.717, 1.165) is 12.0 Å². The van der Waals surface area contributed by atoms with E-state index in [1.54, 1.807) is 5.57 Å². The molecule has 0 bridgehead atoms. The van der Waals surface area contributed by atoms with Crippen molar-refractivity contribution in [2.75, 3.05) is 7.11 Å². The number of allylic oxidation sites excluding steroid dienone is 2. The second-order valence-corrected chi connectivity index (χ2v) is 6.56. The Bertz CT molecular complexity index is 776. The number of nitrogens with zero attached hydrogens (tertiary/aromatic N) is 2. The summed E-state index contributed by atoms with van der Waals surface area (Å²) in [4.78, 5) is 20.8. The lowest BCUT2D eigenvalue weighted by Gasteiger charge is -2.09. The molecule has 1 fully saturated rings. The molecule has 0 amide bonds. The Balaban J connectivity index is 1.80. The summed E-state index contributed by atoms with van der Waals surface area (Å²) >= 11 is 0. The first kappa shape index (κ1) is 17.3. The third-order valence-corrected chi connectivity index (χ3v) is 4.74. The maximum atomic E-state index is 11.8. The molecule has 1 aromatic carbocycles. The number of methoxy groups -OCH3 is 1. The Kier molecular flexibility index (Phi) is 5.27. The molecule has 0 radical (unpaired) electrons. The summed E-state index contributed by atoms with van der Waals surface area (Å²) in [7, 11) is 1.37. The Hall–Kier alpha value is -2.49. The molecule has 3 rings (SSSR count). The van der Waals surface area contributed by atoms with Gasteiger partial charge in [0.2, 0.25) is 0 Å². The predicted octanol–water partition coefficient (Wildman–Crippen LogP) is 4.59. The highest BCUT2D eigenvalue weighted by atomic mass is 16.5. The van der Waals surface area contributed by atoms with Crippen LogP contribution in [0.2, 0.25) is 0 Å². The molecule has 130 valence electrons. The number of rotatable bonds is 4. The number of esters is 1. The summed E-state index contributed by atoms with van der Waals surface area (Å²) in [6.45, 7) is 3.62. The molecule has 0 unspecified atom stereocenters. The molecule has 0 spiro atoms. The third kappa shape index (κ3) is 3.95. The van der Waals surface area contributed by atoms with E-state index >= 15 is 0 Å². The van der Waals surface area contributed by atoms with Crippen LogP contribution in [0.25, 0.3) is 11.4 Å². The van der Waals surface area contributed by atoms with Gasteiger partial charge in [-0.15, -0.1) is 0 Å². The third-order valence-electron chi connectivity index (χ3n) is 4.74. The fourth-order valence-corrected chi connectivity index (χ4v) is 3.33. The predicted molar refractivity (Wildman–Crippen MR) is 98.5 cm³/mol. The van der Waals surface area contributed by atoms with E-state index in [2.05, 4.69) is 40.3 Å². The Morgan fingerprint density at radius 3 is 2.24 bits per heavy atom. The van der Waals surface area contributed by atoms with Gasteiger partial charge in [0, 0.05) is 5.56 Å². The molecule has 1 aliphatic rings. The van der Waals surface area contributed by atoms with Gasteiger partial charge >= 0.3 is 5.97 Å². The van der Waals surface area contributed by atoms with Crippen LogP contribution in [0, 0.1) is 13.8 Å². The topological polar surface area (TPSA) is 52.1 Å². The number of aryl methyl sites for hydroxylation is 2. The number of aromatic nitrogens is 2. The number of ether oxygens (including phenoxy) is 1. The van der Waals surface area contributed by atoms with E-state index in [1.165, 1.54) is 38.4 Å². The second-order valence-electron chi connectivity index (χ2n) is 6.56. The molecule has 25 heavy (non-hydrogen) atoms. The minimum atomic E-state index is -0.392. The van der Waals surface area contributed by atoms with Crippen LogP contribution in [0.4, 0.5) is 0 Å². The van der Waals surface area contributed by atoms with Crippen molar-refractivity contribution in [3.8, 4) is 11.4 Å². The Morgan fingerprint density at radius 1 is 1.08 bits per heavy atom. The smallest absolute Gasteiger partial charge is 0.341 e. The van der Waals surface area contributed by atoms with E-state index < -0.39 is 5.97 Å². The number of benzene rings is 1. The van der Waals surface area contributed by atoms with Crippen LogP contribution in [-0.2, 0) is 11.2 Å². The molecule has 0 atom stereocenters. The highest BCUT2D eigenvalue weighted by Gasteiger charge is 2.17. The van der Waals surface area contributed by atoms with Crippen molar-refractivity contribution in [3.05, 3.63) is 58.4 Å². The average Bonchev–Trinajstić information content (AvgIpc) is 3.13. The second kappa shape index (κ2) is 7.60. The molecule has 1 aromatic heterocycles. The molecule has 0 saturated heterocycles. The molecule has 2 aromatic rings. The van der Waals surface area contributed by atoms with Gasteiger partial charge in [-0.1, -0.05) is 35.9 Å². The van der Waals surface area contributed by atoms with Gasteiger partial charge in [0.15, 0.2) is 5.82 Å². The van der Waals surface area contributed by atoms with Crippen molar-refractivity contribution in [1.29, 1.82) is 0 Å². The van der Waals surface area contributed by atoms with Crippen LogP contribution in [0.3, 0.4) is 0 Å². The maximum Gasteiger partial charge on any atom is 0.341 e. The number of carbonyl (C=O) groups excluding carboxylic acids is 1. The summed E-state index contributed by atoms with van der Waals surface area (Å²) < 4.78 is 4.80. The normalized spacial score (nSPS) is 13.8. The SMILES string of the molecule is COC(=O)c1c(C)nc(-c2ccc(CC=C3CCCC3)cc2)nc1C. The molecule has 4 heteroatoms. The van der Waals surface area contributed by atoms with Crippen LogP contribution in [0.15, 0.2) is 35.9 Å². The van der Waals surface area contributed by atoms with Crippen LogP contribution in [0.1, 0.15) is 53.0 Å².